The first-order valence-electron chi connectivity index (χ1n) is 10.3. The number of hydrogen-bond donors (Lipinski definition) is 2. The predicted molar refractivity (Wildman–Crippen MR) is 127 cm³/mol. The van der Waals surface area contributed by atoms with Crippen molar-refractivity contribution in [3.05, 3.63) is 84.2 Å². The van der Waals surface area contributed by atoms with Crippen LogP contribution in [-0.4, -0.2) is 21.0 Å². The first-order chi connectivity index (χ1) is 16.2. The summed E-state index contributed by atoms with van der Waals surface area (Å²) in [4.78, 5) is 25.1. The van der Waals surface area contributed by atoms with Crippen LogP contribution in [0, 0.1) is 25.5 Å². The third-order valence-corrected chi connectivity index (χ3v) is 4.92. The molecule has 4 rings (SSSR count). The van der Waals surface area contributed by atoms with Crippen molar-refractivity contribution in [1.82, 2.24) is 15.0 Å². The van der Waals surface area contributed by atoms with E-state index in [2.05, 4.69) is 32.2 Å². The molecule has 4 aromatic rings. The van der Waals surface area contributed by atoms with Gasteiger partial charge in [-0.3, -0.25) is 15.3 Å². The second kappa shape index (κ2) is 9.22. The van der Waals surface area contributed by atoms with E-state index in [4.69, 9.17) is 4.74 Å². The molecule has 0 aliphatic rings. The number of pyridine rings is 3. The molecule has 1 aromatic carbocycles. The largest absolute Gasteiger partial charge is 0.416 e. The van der Waals surface area contributed by atoms with Crippen molar-refractivity contribution in [1.29, 1.82) is 0 Å². The molecular weight excluding hydrogens is 440 g/mol. The number of hydrogen-bond acceptors (Lipinski definition) is 6. The normalized spacial score (nSPS) is 10.7. The summed E-state index contributed by atoms with van der Waals surface area (Å²) in [6, 6.07) is 9.17. The Morgan fingerprint density at radius 2 is 1.79 bits per heavy atom. The molecule has 0 atom stereocenters. The summed E-state index contributed by atoms with van der Waals surface area (Å²) < 4.78 is 33.8. The third-order valence-electron chi connectivity index (χ3n) is 4.92. The summed E-state index contributed by atoms with van der Waals surface area (Å²) in [5, 5.41) is 6.09. The Morgan fingerprint density at radius 3 is 2.50 bits per heavy atom. The second-order valence-corrected chi connectivity index (χ2v) is 7.73. The molecule has 3 heterocycles. The SMILES string of the molecule is C=C(C)OC(=O)Nc1cc(-c2cc3cnc(Nc4ccc(C)nc4)cc3nc2C)c(F)cc1F. The van der Waals surface area contributed by atoms with Crippen molar-refractivity contribution < 1.29 is 18.3 Å². The molecule has 0 fully saturated rings. The molecule has 2 N–H and O–H groups in total. The highest BCUT2D eigenvalue weighted by Gasteiger charge is 2.17. The number of fused-ring (bicyclic) bond motifs is 1. The van der Waals surface area contributed by atoms with E-state index in [0.717, 1.165) is 11.4 Å². The first-order valence-corrected chi connectivity index (χ1v) is 10.3. The molecule has 0 radical (unpaired) electrons. The van der Waals surface area contributed by atoms with E-state index >= 15 is 0 Å². The maximum Gasteiger partial charge on any atom is 0.416 e. The van der Waals surface area contributed by atoms with Crippen LogP contribution in [0.5, 0.6) is 0 Å². The van der Waals surface area contributed by atoms with Crippen LogP contribution < -0.4 is 10.6 Å². The molecule has 0 unspecified atom stereocenters. The highest BCUT2D eigenvalue weighted by atomic mass is 19.1. The lowest BCUT2D eigenvalue weighted by Gasteiger charge is -2.13. The highest BCUT2D eigenvalue weighted by Crippen LogP contribution is 2.32. The predicted octanol–water partition coefficient (Wildman–Crippen LogP) is 6.41. The number of anilines is 3. The summed E-state index contributed by atoms with van der Waals surface area (Å²) >= 11 is 0. The van der Waals surface area contributed by atoms with Gasteiger partial charge in [0.2, 0.25) is 0 Å². The van der Waals surface area contributed by atoms with Gasteiger partial charge >= 0.3 is 6.09 Å². The number of allylic oxidation sites excluding steroid dienone is 1. The van der Waals surface area contributed by atoms with Crippen molar-refractivity contribution in [3.8, 4) is 11.1 Å². The lowest BCUT2D eigenvalue weighted by atomic mass is 10.0. The Kier molecular flexibility index (Phi) is 6.18. The van der Waals surface area contributed by atoms with Gasteiger partial charge in [0, 0.05) is 46.2 Å². The zero-order valence-electron chi connectivity index (χ0n) is 18.7. The molecular formula is C25H21F2N5O2. The van der Waals surface area contributed by atoms with Crippen molar-refractivity contribution in [3.63, 3.8) is 0 Å². The van der Waals surface area contributed by atoms with E-state index in [1.54, 1.807) is 31.5 Å². The number of aryl methyl sites for hydroxylation is 2. The average Bonchev–Trinajstić information content (AvgIpc) is 2.76. The molecule has 9 heteroatoms. The molecule has 0 aliphatic heterocycles. The van der Waals surface area contributed by atoms with E-state index in [1.807, 2.05) is 19.1 Å². The van der Waals surface area contributed by atoms with Crippen molar-refractivity contribution >= 4 is 34.2 Å². The van der Waals surface area contributed by atoms with Crippen molar-refractivity contribution in [2.24, 2.45) is 0 Å². The van der Waals surface area contributed by atoms with Gasteiger partial charge in [-0.2, -0.15) is 0 Å². The van der Waals surface area contributed by atoms with Gasteiger partial charge in [-0.25, -0.2) is 18.6 Å². The summed E-state index contributed by atoms with van der Waals surface area (Å²) in [6.45, 7) is 8.55. The summed E-state index contributed by atoms with van der Waals surface area (Å²) in [6.07, 6.45) is 2.39. The van der Waals surface area contributed by atoms with Crippen molar-refractivity contribution in [2.75, 3.05) is 10.6 Å². The van der Waals surface area contributed by atoms with Gasteiger partial charge in [-0.05, 0) is 45.0 Å². The molecule has 3 aromatic heterocycles. The monoisotopic (exact) mass is 461 g/mol. The van der Waals surface area contributed by atoms with Crippen LogP contribution in [0.1, 0.15) is 18.3 Å². The molecule has 0 bridgehead atoms. The lowest BCUT2D eigenvalue weighted by Crippen LogP contribution is -2.13. The van der Waals surface area contributed by atoms with Crippen molar-refractivity contribution in [2.45, 2.75) is 20.8 Å². The second-order valence-electron chi connectivity index (χ2n) is 7.73. The fourth-order valence-electron chi connectivity index (χ4n) is 3.34. The van der Waals surface area contributed by atoms with E-state index in [-0.39, 0.29) is 17.0 Å². The Hall–Kier alpha value is -4.40. The van der Waals surface area contributed by atoms with E-state index < -0.39 is 17.7 Å². The van der Waals surface area contributed by atoms with Crippen LogP contribution in [-0.2, 0) is 4.74 Å². The van der Waals surface area contributed by atoms with Gasteiger partial charge in [0.1, 0.15) is 17.5 Å². The molecule has 0 aliphatic carbocycles. The van der Waals surface area contributed by atoms with E-state index in [1.165, 1.54) is 13.0 Å². The highest BCUT2D eigenvalue weighted by molar-refractivity contribution is 5.89. The fraction of sp³-hybridized carbons (Fsp3) is 0.120. The first kappa shape index (κ1) is 22.8. The number of nitrogens with one attached hydrogen (secondary N) is 2. The number of carbonyl (C=O) groups is 1. The zero-order valence-corrected chi connectivity index (χ0v) is 18.7. The number of amides is 1. The minimum atomic E-state index is -0.936. The van der Waals surface area contributed by atoms with E-state index in [0.29, 0.717) is 34.0 Å². The quantitative estimate of drug-likeness (QED) is 0.334. The Morgan fingerprint density at radius 1 is 1.00 bits per heavy atom. The lowest BCUT2D eigenvalue weighted by molar-refractivity contribution is 0.192. The van der Waals surface area contributed by atoms with Gasteiger partial charge in [-0.15, -0.1) is 0 Å². The van der Waals surface area contributed by atoms with Gasteiger partial charge in [-0.1, -0.05) is 6.58 Å². The number of benzene rings is 1. The van der Waals surface area contributed by atoms with Crippen LogP contribution >= 0.6 is 0 Å². The Labute approximate surface area is 194 Å². The maximum atomic E-state index is 14.7. The Balaban J connectivity index is 1.68. The maximum absolute atomic E-state index is 14.7. The standard InChI is InChI=1S/C25H21F2N5O2/c1-13(2)34-25(33)32-23-8-19(20(26)9-21(23)27)18-7-16-11-29-24(10-22(16)30-15(18)4)31-17-6-5-14(3)28-12-17/h5-12H,1H2,2-4H3,(H,29,31)(H,32,33). The smallest absolute Gasteiger partial charge is 0.416 e. The number of ether oxygens (including phenoxy) is 1. The number of rotatable bonds is 5. The summed E-state index contributed by atoms with van der Waals surface area (Å²) in [5.41, 5.74) is 3.13. The number of nitrogens with zero attached hydrogens (tertiary/aromatic N) is 3. The Bertz CT molecular complexity index is 1420. The van der Waals surface area contributed by atoms with Gasteiger partial charge in [0.25, 0.3) is 0 Å². The molecule has 0 saturated carbocycles. The van der Waals surface area contributed by atoms with Crippen LogP contribution in [0.4, 0.5) is 30.8 Å². The minimum absolute atomic E-state index is 0.0758. The molecule has 7 nitrogen and oxygen atoms in total. The number of aromatic nitrogens is 3. The molecule has 0 spiro atoms. The number of halogens is 2. The van der Waals surface area contributed by atoms with Gasteiger partial charge in [0.15, 0.2) is 0 Å². The summed E-state index contributed by atoms with van der Waals surface area (Å²) in [5.74, 6) is -1.02. The van der Waals surface area contributed by atoms with Crippen LogP contribution in [0.2, 0.25) is 0 Å². The molecule has 0 saturated heterocycles. The van der Waals surface area contributed by atoms with Crippen LogP contribution in [0.15, 0.2) is 61.1 Å². The van der Waals surface area contributed by atoms with Crippen LogP contribution in [0.25, 0.3) is 22.0 Å². The van der Waals surface area contributed by atoms with Gasteiger partial charge < -0.3 is 10.1 Å². The fourth-order valence-corrected chi connectivity index (χ4v) is 3.34. The number of carbonyl (C=O) groups excluding carboxylic acids is 1. The van der Waals surface area contributed by atoms with Gasteiger partial charge in [0.05, 0.1) is 28.8 Å². The average molecular weight is 461 g/mol. The summed E-state index contributed by atoms with van der Waals surface area (Å²) in [7, 11) is 0. The van der Waals surface area contributed by atoms with Crippen LogP contribution in [0.3, 0.4) is 0 Å². The molecule has 34 heavy (non-hydrogen) atoms. The topological polar surface area (TPSA) is 89.0 Å². The molecule has 172 valence electrons. The third kappa shape index (κ3) is 4.98. The zero-order chi connectivity index (χ0) is 24.4. The van der Waals surface area contributed by atoms with E-state index in [9.17, 15) is 13.6 Å². The molecule has 1 amide bonds. The minimum Gasteiger partial charge on any atom is -0.416 e.